The van der Waals surface area contributed by atoms with Crippen LogP contribution in [0.3, 0.4) is 0 Å². The molecule has 0 radical (unpaired) electrons. The summed E-state index contributed by atoms with van der Waals surface area (Å²) in [4.78, 5) is 19.8. The van der Waals surface area contributed by atoms with Crippen LogP contribution in [0.1, 0.15) is 45.5 Å². The van der Waals surface area contributed by atoms with Crippen LogP contribution < -0.4 is 9.80 Å². The van der Waals surface area contributed by atoms with Crippen LogP contribution in [0.2, 0.25) is 0 Å². The largest absolute Gasteiger partial charge is 0.370 e. The van der Waals surface area contributed by atoms with Crippen molar-refractivity contribution in [2.45, 2.75) is 36.8 Å². The molecule has 2 saturated heterocycles. The molecular weight excluding hydrogens is 534 g/mol. The molecule has 8 nitrogen and oxygen atoms in total. The van der Waals surface area contributed by atoms with Crippen molar-refractivity contribution in [2.24, 2.45) is 0 Å². The number of nitrogens with zero attached hydrogens (tertiary/aromatic N) is 5. The molecule has 0 aliphatic carbocycles. The minimum Gasteiger partial charge on any atom is -0.370 e. The highest BCUT2D eigenvalue weighted by Gasteiger charge is 2.34. The maximum atomic E-state index is 13.9. The fraction of sp³-hybridized carbons (Fsp3) is 0.344. The third-order valence-electron chi connectivity index (χ3n) is 8.24. The molecule has 5 rings (SSSR count). The molecule has 9 heteroatoms. The number of rotatable bonds is 5. The lowest BCUT2D eigenvalue weighted by Crippen LogP contribution is -2.49. The van der Waals surface area contributed by atoms with E-state index in [0.29, 0.717) is 74.4 Å². The van der Waals surface area contributed by atoms with Gasteiger partial charge in [-0.25, -0.2) is 8.42 Å². The topological polar surface area (TPSA) is 109 Å². The van der Waals surface area contributed by atoms with Gasteiger partial charge < -0.3 is 14.7 Å². The van der Waals surface area contributed by atoms with E-state index in [1.165, 1.54) is 0 Å². The van der Waals surface area contributed by atoms with Crippen LogP contribution in [0.15, 0.2) is 65.6 Å². The van der Waals surface area contributed by atoms with Crippen LogP contribution in [0.4, 0.5) is 11.4 Å². The van der Waals surface area contributed by atoms with E-state index in [1.54, 1.807) is 36.1 Å². The molecule has 0 saturated carbocycles. The van der Waals surface area contributed by atoms with Crippen LogP contribution >= 0.6 is 0 Å². The monoisotopic (exact) mass is 567 g/mol. The number of carbonyl (C=O) groups is 1. The second-order valence-corrected chi connectivity index (χ2v) is 12.9. The zero-order valence-electron chi connectivity index (χ0n) is 23.4. The molecule has 1 amide bonds. The Morgan fingerprint density at radius 3 is 1.80 bits per heavy atom. The smallest absolute Gasteiger partial charge is 0.254 e. The maximum absolute atomic E-state index is 13.9. The molecule has 0 aromatic heterocycles. The number of piperidine rings is 1. The van der Waals surface area contributed by atoms with Crippen molar-refractivity contribution < 1.29 is 13.2 Å². The number of carbonyl (C=O) groups excluding carboxylic acids is 1. The number of anilines is 2. The number of aryl methyl sites for hydroxylation is 2. The van der Waals surface area contributed by atoms with Gasteiger partial charge in [0.2, 0.25) is 0 Å². The summed E-state index contributed by atoms with van der Waals surface area (Å²) in [5.74, 6) is -0.171. The zero-order chi connectivity index (χ0) is 29.1. The summed E-state index contributed by atoms with van der Waals surface area (Å²) in [6.07, 6.45) is 0.898. The van der Waals surface area contributed by atoms with Crippen molar-refractivity contribution in [1.29, 1.82) is 10.5 Å². The van der Waals surface area contributed by atoms with E-state index < -0.39 is 15.1 Å². The summed E-state index contributed by atoms with van der Waals surface area (Å²) in [6.45, 7) is 6.87. The Hall–Kier alpha value is -4.34. The number of sulfone groups is 1. The van der Waals surface area contributed by atoms with E-state index in [2.05, 4.69) is 21.9 Å². The van der Waals surface area contributed by atoms with Crippen molar-refractivity contribution in [3.8, 4) is 12.1 Å². The Bertz CT molecular complexity index is 1660. The van der Waals surface area contributed by atoms with E-state index in [4.69, 9.17) is 0 Å². The number of benzene rings is 3. The number of amides is 1. The highest BCUT2D eigenvalue weighted by atomic mass is 32.2. The van der Waals surface area contributed by atoms with E-state index in [9.17, 15) is 23.7 Å². The van der Waals surface area contributed by atoms with Crippen molar-refractivity contribution in [3.05, 3.63) is 88.5 Å². The Kier molecular flexibility index (Phi) is 8.01. The number of hydrogen-bond acceptors (Lipinski definition) is 7. The average molecular weight is 568 g/mol. The first-order chi connectivity index (χ1) is 19.7. The second-order valence-electron chi connectivity index (χ2n) is 10.7. The number of piperazine rings is 1. The van der Waals surface area contributed by atoms with Gasteiger partial charge in [-0.2, -0.15) is 10.5 Å². The van der Waals surface area contributed by atoms with Crippen molar-refractivity contribution in [3.63, 3.8) is 0 Å². The molecule has 0 N–H and O–H groups in total. The van der Waals surface area contributed by atoms with Crippen LogP contribution in [0.25, 0.3) is 0 Å². The summed E-state index contributed by atoms with van der Waals surface area (Å²) < 4.78 is 27.7. The molecule has 2 fully saturated rings. The van der Waals surface area contributed by atoms with Crippen LogP contribution in [-0.4, -0.2) is 63.7 Å². The highest BCUT2D eigenvalue weighted by molar-refractivity contribution is 7.92. The minimum atomic E-state index is -3.67. The van der Waals surface area contributed by atoms with E-state index >= 15 is 0 Å². The Morgan fingerprint density at radius 1 is 0.756 bits per heavy atom. The molecule has 0 atom stereocenters. The molecule has 2 aliphatic rings. The fourth-order valence-corrected chi connectivity index (χ4v) is 7.94. The Labute approximate surface area is 241 Å². The summed E-state index contributed by atoms with van der Waals surface area (Å²) in [5, 5.41) is 18.4. The third kappa shape index (κ3) is 5.51. The van der Waals surface area contributed by atoms with Gasteiger partial charge >= 0.3 is 0 Å². The van der Waals surface area contributed by atoms with Gasteiger partial charge in [-0.05, 0) is 68.1 Å². The minimum absolute atomic E-state index is 0.171. The predicted octanol–water partition coefficient (Wildman–Crippen LogP) is 4.45. The summed E-state index contributed by atoms with van der Waals surface area (Å²) in [6, 6.07) is 22.7. The van der Waals surface area contributed by atoms with Gasteiger partial charge in [0.05, 0.1) is 32.6 Å². The molecule has 3 aromatic carbocycles. The molecule has 0 spiro atoms. The van der Waals surface area contributed by atoms with Gasteiger partial charge in [0.15, 0.2) is 9.84 Å². The molecule has 0 bridgehead atoms. The lowest BCUT2D eigenvalue weighted by atomic mass is 10.0. The predicted molar refractivity (Wildman–Crippen MR) is 159 cm³/mol. The first-order valence-electron chi connectivity index (χ1n) is 13.9. The Balaban J connectivity index is 1.31. The molecule has 3 aromatic rings. The summed E-state index contributed by atoms with van der Waals surface area (Å²) >= 11 is 0. The number of para-hydroxylation sites is 2. The molecule has 2 heterocycles. The van der Waals surface area contributed by atoms with E-state index in [-0.39, 0.29) is 10.8 Å². The van der Waals surface area contributed by atoms with Gasteiger partial charge in [0.1, 0.15) is 12.1 Å². The van der Waals surface area contributed by atoms with Gasteiger partial charge in [-0.3, -0.25) is 4.79 Å². The first kappa shape index (κ1) is 28.2. The van der Waals surface area contributed by atoms with Gasteiger partial charge in [-0.15, -0.1) is 0 Å². The molecule has 0 unspecified atom stereocenters. The van der Waals surface area contributed by atoms with Crippen molar-refractivity contribution >= 4 is 27.1 Å². The van der Waals surface area contributed by atoms with E-state index in [0.717, 1.165) is 16.9 Å². The molecule has 41 heavy (non-hydrogen) atoms. The Morgan fingerprint density at radius 2 is 1.27 bits per heavy atom. The van der Waals surface area contributed by atoms with Crippen molar-refractivity contribution in [1.82, 2.24) is 4.90 Å². The van der Waals surface area contributed by atoms with Crippen molar-refractivity contribution in [2.75, 3.05) is 49.1 Å². The number of nitriles is 2. The lowest BCUT2D eigenvalue weighted by molar-refractivity contribution is 0.0745. The number of hydrogen-bond donors (Lipinski definition) is 0. The standard InChI is InChI=1S/C32H33N5O3S/c1-23-19-24(2)31(41(39,40)27-11-13-35(14-12-27)29-9-5-3-7-25(29)21-33)20-28(23)32(38)37-17-15-36(16-18-37)30-10-6-4-8-26(30)22-34/h3-10,19-20,27H,11-18H2,1-2H3. The highest BCUT2D eigenvalue weighted by Crippen LogP contribution is 2.32. The zero-order valence-corrected chi connectivity index (χ0v) is 24.2. The molecule has 2 aliphatic heterocycles. The second kappa shape index (κ2) is 11.6. The molecule has 210 valence electrons. The van der Waals surface area contributed by atoms with Crippen LogP contribution in [0, 0.1) is 36.5 Å². The van der Waals surface area contributed by atoms with Gasteiger partial charge in [0.25, 0.3) is 5.91 Å². The van der Waals surface area contributed by atoms with Crippen LogP contribution in [-0.2, 0) is 9.84 Å². The first-order valence-corrected chi connectivity index (χ1v) is 15.4. The summed E-state index contributed by atoms with van der Waals surface area (Å²) in [7, 11) is -3.67. The fourth-order valence-electron chi connectivity index (χ4n) is 5.96. The third-order valence-corrected chi connectivity index (χ3v) is 10.6. The normalized spacial score (nSPS) is 16.2. The maximum Gasteiger partial charge on any atom is 0.254 e. The van der Waals surface area contributed by atoms with E-state index in [1.807, 2.05) is 43.3 Å². The summed E-state index contributed by atoms with van der Waals surface area (Å²) in [5.41, 5.74) is 4.71. The average Bonchev–Trinajstić information content (AvgIpc) is 3.00. The van der Waals surface area contributed by atoms with Gasteiger partial charge in [-0.1, -0.05) is 30.3 Å². The van der Waals surface area contributed by atoms with Crippen LogP contribution in [0.5, 0.6) is 0 Å². The molecular formula is C32H33N5O3S. The SMILES string of the molecule is Cc1cc(C)c(S(=O)(=O)C2CCN(c3ccccc3C#N)CC2)cc1C(=O)N1CCN(c2ccccc2C#N)CC1. The van der Waals surface area contributed by atoms with Gasteiger partial charge in [0, 0.05) is 44.8 Å². The quantitative estimate of drug-likeness (QED) is 0.448. The lowest BCUT2D eigenvalue weighted by Gasteiger charge is -2.37.